The molecule has 0 aromatic heterocycles. The molecule has 2 saturated heterocycles. The van der Waals surface area contributed by atoms with Gasteiger partial charge in [-0.1, -0.05) is 0 Å². The number of ether oxygens (including phenoxy) is 2. The highest BCUT2D eigenvalue weighted by molar-refractivity contribution is 7.80. The molecule has 0 bridgehead atoms. The molecule has 2 aromatic rings. The van der Waals surface area contributed by atoms with Gasteiger partial charge in [0.15, 0.2) is 12.0 Å². The minimum Gasteiger partial charge on any atom is -0.497 e. The van der Waals surface area contributed by atoms with Gasteiger partial charge in [0, 0.05) is 44.2 Å². The molecule has 0 radical (unpaired) electrons. The molecule has 2 aliphatic heterocycles. The fraction of sp³-hybridized carbons (Fsp3) is 0.375. The maximum atomic E-state index is 13.9. The van der Waals surface area contributed by atoms with Crippen molar-refractivity contribution >= 4 is 30.5 Å². The van der Waals surface area contributed by atoms with Crippen LogP contribution < -0.4 is 14.8 Å². The molecule has 0 saturated carbocycles. The van der Waals surface area contributed by atoms with E-state index in [0.717, 1.165) is 16.5 Å². The van der Waals surface area contributed by atoms with Crippen molar-refractivity contribution in [3.8, 4) is 11.5 Å². The predicted octanol–water partition coefficient (Wildman–Crippen LogP) is 2.49. The number of likely N-dealkylation sites (N-methyl/N-ethyl adjacent to an activating group) is 2. The minimum atomic E-state index is -0.819. The molecule has 2 unspecified atom stereocenters. The fourth-order valence-corrected chi connectivity index (χ4v) is 4.75. The molecule has 0 aliphatic carbocycles. The van der Waals surface area contributed by atoms with E-state index in [4.69, 9.17) is 9.47 Å². The molecule has 1 N–H and O–H groups in total. The molecule has 192 valence electrons. The molecule has 2 aromatic carbocycles. The Labute approximate surface area is 213 Å². The van der Waals surface area contributed by atoms with E-state index in [9.17, 15) is 18.4 Å². The number of halogens is 2. The maximum Gasteiger partial charge on any atom is 0.327 e. The van der Waals surface area contributed by atoms with Crippen molar-refractivity contribution < 1.29 is 27.8 Å². The molecule has 2 aliphatic rings. The van der Waals surface area contributed by atoms with Crippen molar-refractivity contribution in [1.29, 1.82) is 0 Å². The second kappa shape index (κ2) is 10.2. The third kappa shape index (κ3) is 4.77. The van der Waals surface area contributed by atoms with E-state index in [-0.39, 0.29) is 6.54 Å². The van der Waals surface area contributed by atoms with Crippen molar-refractivity contribution in [3.05, 3.63) is 53.1 Å². The van der Waals surface area contributed by atoms with Gasteiger partial charge in [-0.25, -0.2) is 13.6 Å². The first-order valence-electron chi connectivity index (χ1n) is 11.2. The van der Waals surface area contributed by atoms with Crippen molar-refractivity contribution in [2.24, 2.45) is 4.99 Å². The summed E-state index contributed by atoms with van der Waals surface area (Å²) in [6.07, 6.45) is -0.214. The van der Waals surface area contributed by atoms with Crippen LogP contribution in [0.4, 0.5) is 13.6 Å². The van der Waals surface area contributed by atoms with Gasteiger partial charge in [-0.15, -0.1) is 12.6 Å². The number of nitrogens with zero attached hydrogens (tertiary/aromatic N) is 4. The quantitative estimate of drug-likeness (QED) is 0.547. The number of fused-ring (bicyclic) bond motifs is 1. The summed E-state index contributed by atoms with van der Waals surface area (Å²) in [5.41, 5.74) is 1.17. The number of thiol groups is 1. The molecule has 4 rings (SSSR count). The SMILES string of the molecule is COc1cc(CCN=C2NC3C(C(=O)N(C)C(=O)N3C)N2Cc2cc(F)cc(F)c2)c(S)c(OC)c1. The molecule has 36 heavy (non-hydrogen) atoms. The Kier molecular flexibility index (Phi) is 7.25. The second-order valence-corrected chi connectivity index (χ2v) is 8.97. The molecular weight excluding hydrogens is 492 g/mol. The number of methoxy groups -OCH3 is 2. The van der Waals surface area contributed by atoms with E-state index in [1.165, 1.54) is 24.1 Å². The third-order valence-corrected chi connectivity index (χ3v) is 6.78. The first kappa shape index (κ1) is 25.5. The summed E-state index contributed by atoms with van der Waals surface area (Å²) >= 11 is 4.55. The lowest BCUT2D eigenvalue weighted by Crippen LogP contribution is -2.65. The maximum absolute atomic E-state index is 13.9. The number of carbonyl (C=O) groups is 2. The third-order valence-electron chi connectivity index (χ3n) is 6.27. The number of aliphatic imine (C=N–C) groups is 1. The molecule has 2 atom stereocenters. The van der Waals surface area contributed by atoms with Gasteiger partial charge in [0.05, 0.1) is 14.2 Å². The van der Waals surface area contributed by atoms with E-state index in [2.05, 4.69) is 22.9 Å². The normalized spacial score (nSPS) is 20.6. The van der Waals surface area contributed by atoms with Crippen molar-refractivity contribution in [3.63, 3.8) is 0 Å². The molecule has 2 fully saturated rings. The summed E-state index contributed by atoms with van der Waals surface area (Å²) in [6.45, 7) is 0.301. The Morgan fingerprint density at radius 2 is 1.75 bits per heavy atom. The number of nitrogens with one attached hydrogen (secondary N) is 1. The van der Waals surface area contributed by atoms with Crippen LogP contribution in [0.25, 0.3) is 0 Å². The standard InChI is InChI=1S/C24H27F2N5O4S/c1-29-21-19(22(32)30(2)24(29)33)31(12-13-7-15(25)10-16(26)8-13)23(28-21)27-6-5-14-9-17(34-3)11-18(35-4)20(14)36/h7-11,19,21,36H,5-6,12H2,1-4H3,(H,27,28). The minimum absolute atomic E-state index is 0.00803. The zero-order chi connectivity index (χ0) is 26.1. The summed E-state index contributed by atoms with van der Waals surface area (Å²) in [5, 5.41) is 3.15. The van der Waals surface area contributed by atoms with Crippen LogP contribution >= 0.6 is 12.6 Å². The predicted molar refractivity (Wildman–Crippen MR) is 131 cm³/mol. The molecule has 12 heteroatoms. The number of amides is 3. The number of imide groups is 1. The Morgan fingerprint density at radius 3 is 2.39 bits per heavy atom. The van der Waals surface area contributed by atoms with Gasteiger partial charge in [0.25, 0.3) is 5.91 Å². The van der Waals surface area contributed by atoms with Crippen LogP contribution in [-0.2, 0) is 17.8 Å². The summed E-state index contributed by atoms with van der Waals surface area (Å²) in [6, 6.07) is 5.48. The number of hydrogen-bond donors (Lipinski definition) is 2. The van der Waals surface area contributed by atoms with Crippen molar-refractivity contribution in [1.82, 2.24) is 20.0 Å². The fourth-order valence-electron chi connectivity index (χ4n) is 4.41. The zero-order valence-corrected chi connectivity index (χ0v) is 21.2. The Morgan fingerprint density at radius 1 is 1.06 bits per heavy atom. The number of carbonyl (C=O) groups excluding carboxylic acids is 2. The Hall–Kier alpha value is -3.54. The van der Waals surface area contributed by atoms with Crippen molar-refractivity contribution in [2.75, 3.05) is 34.9 Å². The summed E-state index contributed by atoms with van der Waals surface area (Å²) in [5.74, 6) is -0.365. The van der Waals surface area contributed by atoms with Crippen LogP contribution in [0.5, 0.6) is 11.5 Å². The number of benzene rings is 2. The number of hydrogen-bond acceptors (Lipinski definition) is 6. The molecule has 2 heterocycles. The Bertz CT molecular complexity index is 1210. The molecule has 0 spiro atoms. The first-order valence-corrected chi connectivity index (χ1v) is 11.6. The van der Waals surface area contributed by atoms with Gasteiger partial charge in [-0.05, 0) is 35.7 Å². The number of guanidine groups is 1. The average molecular weight is 520 g/mol. The van der Waals surface area contributed by atoms with Crippen LogP contribution in [0.1, 0.15) is 11.1 Å². The van der Waals surface area contributed by atoms with Crippen LogP contribution in [0.3, 0.4) is 0 Å². The van der Waals surface area contributed by atoms with Gasteiger partial charge in [-0.2, -0.15) is 0 Å². The first-order chi connectivity index (χ1) is 17.1. The Balaban J connectivity index is 1.64. The lowest BCUT2D eigenvalue weighted by atomic mass is 10.1. The van der Waals surface area contributed by atoms with Gasteiger partial charge >= 0.3 is 6.03 Å². The van der Waals surface area contributed by atoms with Gasteiger partial charge in [0.2, 0.25) is 0 Å². The van der Waals surface area contributed by atoms with E-state index in [0.29, 0.717) is 40.9 Å². The lowest BCUT2D eigenvalue weighted by Gasteiger charge is -2.39. The van der Waals surface area contributed by atoms with E-state index < -0.39 is 35.8 Å². The monoisotopic (exact) mass is 519 g/mol. The second-order valence-electron chi connectivity index (χ2n) is 8.52. The molecule has 9 nitrogen and oxygen atoms in total. The van der Waals surface area contributed by atoms with E-state index >= 15 is 0 Å². The smallest absolute Gasteiger partial charge is 0.327 e. The van der Waals surface area contributed by atoms with E-state index in [1.54, 1.807) is 32.2 Å². The highest BCUT2D eigenvalue weighted by Crippen LogP contribution is 2.32. The van der Waals surface area contributed by atoms with Crippen molar-refractivity contribution in [2.45, 2.75) is 30.1 Å². The summed E-state index contributed by atoms with van der Waals surface area (Å²) in [7, 11) is 6.08. The largest absolute Gasteiger partial charge is 0.497 e. The molecule has 3 amide bonds. The van der Waals surface area contributed by atoms with E-state index in [1.807, 2.05) is 6.07 Å². The number of urea groups is 1. The summed E-state index contributed by atoms with van der Waals surface area (Å²) in [4.78, 5) is 35.0. The average Bonchev–Trinajstić information content (AvgIpc) is 3.19. The van der Waals surface area contributed by atoms with Crippen LogP contribution in [0, 0.1) is 11.6 Å². The topological polar surface area (TPSA) is 86.7 Å². The van der Waals surface area contributed by atoms with Crippen LogP contribution in [0.2, 0.25) is 0 Å². The highest BCUT2D eigenvalue weighted by Gasteiger charge is 2.52. The lowest BCUT2D eigenvalue weighted by molar-refractivity contribution is -0.136. The van der Waals surface area contributed by atoms with Gasteiger partial charge < -0.3 is 24.6 Å². The highest BCUT2D eigenvalue weighted by atomic mass is 32.1. The van der Waals surface area contributed by atoms with Gasteiger partial charge in [-0.3, -0.25) is 14.7 Å². The van der Waals surface area contributed by atoms with Gasteiger partial charge in [0.1, 0.15) is 29.3 Å². The van der Waals surface area contributed by atoms with Crippen LogP contribution in [-0.4, -0.2) is 79.7 Å². The zero-order valence-electron chi connectivity index (χ0n) is 20.3. The molecular formula is C24H27F2N5O4S. The number of rotatable bonds is 7. The summed E-state index contributed by atoms with van der Waals surface area (Å²) < 4.78 is 38.4. The van der Waals surface area contributed by atoms with Crippen LogP contribution in [0.15, 0.2) is 40.2 Å².